The van der Waals surface area contributed by atoms with Crippen LogP contribution in [0.15, 0.2) is 24.3 Å². The van der Waals surface area contributed by atoms with Crippen LogP contribution in [0.25, 0.3) is 0 Å². The third kappa shape index (κ3) is 4.24. The maximum Gasteiger partial charge on any atom is 0.307 e. The van der Waals surface area contributed by atoms with Gasteiger partial charge in [0.25, 0.3) is 5.91 Å². The summed E-state index contributed by atoms with van der Waals surface area (Å²) in [6.45, 7) is 1.64. The molecule has 0 aromatic heterocycles. The minimum absolute atomic E-state index is 0.0659. The molecule has 0 aliphatic carbocycles. The van der Waals surface area contributed by atoms with E-state index >= 15 is 0 Å². The highest BCUT2D eigenvalue weighted by molar-refractivity contribution is 5.94. The van der Waals surface area contributed by atoms with E-state index in [1.54, 1.807) is 31.2 Å². The van der Waals surface area contributed by atoms with E-state index in [0.717, 1.165) is 0 Å². The molecule has 1 aromatic carbocycles. The molecule has 0 spiro atoms. The van der Waals surface area contributed by atoms with E-state index in [1.807, 2.05) is 0 Å². The fourth-order valence-corrected chi connectivity index (χ4v) is 1.28. The van der Waals surface area contributed by atoms with Crippen molar-refractivity contribution in [1.29, 1.82) is 0 Å². The number of ether oxygens (including phenoxy) is 1. The average Bonchev–Trinajstić information content (AvgIpc) is 2.27. The topological polar surface area (TPSA) is 75.6 Å². The van der Waals surface area contributed by atoms with Crippen molar-refractivity contribution in [1.82, 2.24) is 0 Å². The summed E-state index contributed by atoms with van der Waals surface area (Å²) in [4.78, 5) is 22.1. The summed E-state index contributed by atoms with van der Waals surface area (Å²) in [5.41, 5.74) is 1.21. The molecular formula is C12H15NO4. The fourth-order valence-electron chi connectivity index (χ4n) is 1.28. The second-order valence-electron chi connectivity index (χ2n) is 3.64. The zero-order chi connectivity index (χ0) is 12.8. The molecule has 1 atom stereocenters. The summed E-state index contributed by atoms with van der Waals surface area (Å²) < 4.78 is 4.87. The van der Waals surface area contributed by atoms with E-state index in [4.69, 9.17) is 9.84 Å². The Labute approximate surface area is 99.4 Å². The second kappa shape index (κ2) is 6.00. The Morgan fingerprint density at radius 3 is 2.76 bits per heavy atom. The number of amides is 1. The molecule has 0 fully saturated rings. The molecule has 5 heteroatoms. The highest BCUT2D eigenvalue weighted by Gasteiger charge is 2.11. The highest BCUT2D eigenvalue weighted by Crippen LogP contribution is 2.12. The summed E-state index contributed by atoms with van der Waals surface area (Å²) >= 11 is 0. The molecule has 1 unspecified atom stereocenters. The van der Waals surface area contributed by atoms with Crippen LogP contribution in [-0.2, 0) is 20.7 Å². The zero-order valence-electron chi connectivity index (χ0n) is 9.77. The Bertz CT molecular complexity index is 417. The largest absolute Gasteiger partial charge is 0.481 e. The third-order valence-corrected chi connectivity index (χ3v) is 2.27. The van der Waals surface area contributed by atoms with Gasteiger partial charge in [0, 0.05) is 12.8 Å². The van der Waals surface area contributed by atoms with Crippen molar-refractivity contribution in [2.45, 2.75) is 19.4 Å². The van der Waals surface area contributed by atoms with Gasteiger partial charge in [0.05, 0.1) is 6.42 Å². The lowest BCUT2D eigenvalue weighted by atomic mass is 10.1. The van der Waals surface area contributed by atoms with Crippen molar-refractivity contribution < 1.29 is 19.4 Å². The summed E-state index contributed by atoms with van der Waals surface area (Å²) in [5.74, 6) is -1.17. The summed E-state index contributed by atoms with van der Waals surface area (Å²) in [6.07, 6.45) is -0.609. The van der Waals surface area contributed by atoms with E-state index in [0.29, 0.717) is 11.3 Å². The SMILES string of the molecule is COC(C)C(=O)Nc1cccc(CC(=O)O)c1. The first-order valence-electron chi connectivity index (χ1n) is 5.17. The van der Waals surface area contributed by atoms with Crippen molar-refractivity contribution in [3.8, 4) is 0 Å². The summed E-state index contributed by atoms with van der Waals surface area (Å²) in [7, 11) is 1.45. The van der Waals surface area contributed by atoms with Crippen molar-refractivity contribution in [2.24, 2.45) is 0 Å². The van der Waals surface area contributed by atoms with Crippen LogP contribution in [0, 0.1) is 0 Å². The first-order valence-corrected chi connectivity index (χ1v) is 5.17. The molecule has 0 radical (unpaired) electrons. The molecule has 0 aliphatic rings. The van der Waals surface area contributed by atoms with Gasteiger partial charge in [-0.1, -0.05) is 12.1 Å². The lowest BCUT2D eigenvalue weighted by Gasteiger charge is -2.10. The molecule has 0 saturated heterocycles. The van der Waals surface area contributed by atoms with Gasteiger partial charge in [-0.25, -0.2) is 0 Å². The van der Waals surface area contributed by atoms with E-state index in [2.05, 4.69) is 5.32 Å². The van der Waals surface area contributed by atoms with E-state index in [1.165, 1.54) is 7.11 Å². The number of rotatable bonds is 5. The normalized spacial score (nSPS) is 11.9. The maximum atomic E-state index is 11.5. The van der Waals surface area contributed by atoms with Crippen LogP contribution in [0.5, 0.6) is 0 Å². The molecule has 5 nitrogen and oxygen atoms in total. The average molecular weight is 237 g/mol. The van der Waals surface area contributed by atoms with Gasteiger partial charge >= 0.3 is 5.97 Å². The molecule has 0 aliphatic heterocycles. The Morgan fingerprint density at radius 2 is 2.18 bits per heavy atom. The molecule has 2 N–H and O–H groups in total. The van der Waals surface area contributed by atoms with Gasteiger partial charge in [0.1, 0.15) is 6.10 Å². The van der Waals surface area contributed by atoms with E-state index in [9.17, 15) is 9.59 Å². The number of hydrogen-bond acceptors (Lipinski definition) is 3. The van der Waals surface area contributed by atoms with Crippen molar-refractivity contribution >= 4 is 17.6 Å². The molecule has 1 amide bonds. The number of carbonyl (C=O) groups excluding carboxylic acids is 1. The van der Waals surface area contributed by atoms with Crippen LogP contribution in [-0.4, -0.2) is 30.2 Å². The number of methoxy groups -OCH3 is 1. The monoisotopic (exact) mass is 237 g/mol. The van der Waals surface area contributed by atoms with Gasteiger partial charge in [0.15, 0.2) is 0 Å². The second-order valence-corrected chi connectivity index (χ2v) is 3.64. The van der Waals surface area contributed by atoms with Gasteiger partial charge in [-0.15, -0.1) is 0 Å². The molecular weight excluding hydrogens is 222 g/mol. The number of carboxylic acid groups (broad SMARTS) is 1. The summed E-state index contributed by atoms with van der Waals surface area (Å²) in [6, 6.07) is 6.73. The van der Waals surface area contributed by atoms with Crippen molar-refractivity contribution in [2.75, 3.05) is 12.4 Å². The van der Waals surface area contributed by atoms with E-state index in [-0.39, 0.29) is 12.3 Å². The van der Waals surface area contributed by atoms with Crippen molar-refractivity contribution in [3.63, 3.8) is 0 Å². The molecule has 0 heterocycles. The number of aliphatic carboxylic acids is 1. The highest BCUT2D eigenvalue weighted by atomic mass is 16.5. The lowest BCUT2D eigenvalue weighted by Crippen LogP contribution is -2.26. The van der Waals surface area contributed by atoms with Crippen LogP contribution >= 0.6 is 0 Å². The van der Waals surface area contributed by atoms with Crippen LogP contribution in [0.4, 0.5) is 5.69 Å². The fraction of sp³-hybridized carbons (Fsp3) is 0.333. The van der Waals surface area contributed by atoms with Crippen LogP contribution < -0.4 is 5.32 Å². The Kier molecular flexibility index (Phi) is 4.66. The van der Waals surface area contributed by atoms with Crippen LogP contribution in [0.3, 0.4) is 0 Å². The number of carbonyl (C=O) groups is 2. The van der Waals surface area contributed by atoms with Crippen LogP contribution in [0.2, 0.25) is 0 Å². The van der Waals surface area contributed by atoms with Gasteiger partial charge in [-0.3, -0.25) is 9.59 Å². The quantitative estimate of drug-likeness (QED) is 0.809. The van der Waals surface area contributed by atoms with E-state index < -0.39 is 12.1 Å². The standard InChI is InChI=1S/C12H15NO4/c1-8(17-2)12(16)13-10-5-3-4-9(6-10)7-11(14)15/h3-6,8H,7H2,1-2H3,(H,13,16)(H,14,15). The smallest absolute Gasteiger partial charge is 0.307 e. The van der Waals surface area contributed by atoms with Gasteiger partial charge in [-0.05, 0) is 24.6 Å². The lowest BCUT2D eigenvalue weighted by molar-refractivity contribution is -0.136. The van der Waals surface area contributed by atoms with Gasteiger partial charge in [-0.2, -0.15) is 0 Å². The zero-order valence-corrected chi connectivity index (χ0v) is 9.77. The number of benzene rings is 1. The molecule has 0 saturated carbocycles. The predicted molar refractivity (Wildman–Crippen MR) is 62.9 cm³/mol. The molecule has 0 bridgehead atoms. The van der Waals surface area contributed by atoms with Crippen LogP contribution in [0.1, 0.15) is 12.5 Å². The molecule has 17 heavy (non-hydrogen) atoms. The Balaban J connectivity index is 2.72. The first kappa shape index (κ1) is 13.2. The number of nitrogens with one attached hydrogen (secondary N) is 1. The minimum Gasteiger partial charge on any atom is -0.481 e. The molecule has 92 valence electrons. The molecule has 1 rings (SSSR count). The van der Waals surface area contributed by atoms with Crippen molar-refractivity contribution in [3.05, 3.63) is 29.8 Å². The Hall–Kier alpha value is -1.88. The van der Waals surface area contributed by atoms with Gasteiger partial charge in [0.2, 0.25) is 0 Å². The van der Waals surface area contributed by atoms with Gasteiger partial charge < -0.3 is 15.2 Å². The minimum atomic E-state index is -0.904. The first-order chi connectivity index (χ1) is 8.02. The molecule has 1 aromatic rings. The predicted octanol–water partition coefficient (Wildman–Crippen LogP) is 1.29. The number of hydrogen-bond donors (Lipinski definition) is 2. The summed E-state index contributed by atoms with van der Waals surface area (Å²) in [5, 5.41) is 11.3. The number of carboxylic acids is 1. The number of anilines is 1. The maximum absolute atomic E-state index is 11.5. The Morgan fingerprint density at radius 1 is 1.47 bits per heavy atom. The third-order valence-electron chi connectivity index (χ3n) is 2.27.